The van der Waals surface area contributed by atoms with E-state index >= 15 is 0 Å². The fourth-order valence-corrected chi connectivity index (χ4v) is 2.70. The Morgan fingerprint density at radius 1 is 0.655 bits per heavy atom. The molecular formula is C26H41NO2. The van der Waals surface area contributed by atoms with Gasteiger partial charge in [-0.25, -0.2) is 0 Å². The van der Waals surface area contributed by atoms with Gasteiger partial charge in [-0.05, 0) is 103 Å². The Morgan fingerprint density at radius 2 is 1.03 bits per heavy atom. The van der Waals surface area contributed by atoms with Gasteiger partial charge in [-0.2, -0.15) is 0 Å². The summed E-state index contributed by atoms with van der Waals surface area (Å²) in [5, 5.41) is 0. The SMILES string of the molecule is CC(C)(C)Oc1ccc(CCN)cc1.CCCCc1ccc(OC(C)(C)C)cc1. The van der Waals surface area contributed by atoms with Gasteiger partial charge < -0.3 is 15.2 Å². The normalized spacial score (nSPS) is 11.4. The first-order valence-electron chi connectivity index (χ1n) is 10.8. The van der Waals surface area contributed by atoms with E-state index < -0.39 is 0 Å². The molecule has 0 saturated heterocycles. The summed E-state index contributed by atoms with van der Waals surface area (Å²) >= 11 is 0. The van der Waals surface area contributed by atoms with E-state index in [2.05, 4.69) is 64.1 Å². The molecule has 3 heteroatoms. The van der Waals surface area contributed by atoms with Crippen LogP contribution in [0.25, 0.3) is 0 Å². The average Bonchev–Trinajstić information content (AvgIpc) is 2.61. The maximum Gasteiger partial charge on any atom is 0.120 e. The fourth-order valence-electron chi connectivity index (χ4n) is 2.70. The third-order valence-corrected chi connectivity index (χ3v) is 3.95. The van der Waals surface area contributed by atoms with E-state index in [1.165, 1.54) is 30.4 Å². The molecule has 0 atom stereocenters. The molecule has 2 aromatic carbocycles. The number of rotatable bonds is 7. The summed E-state index contributed by atoms with van der Waals surface area (Å²) < 4.78 is 11.5. The van der Waals surface area contributed by atoms with E-state index in [1.54, 1.807) is 0 Å². The molecule has 0 spiro atoms. The number of aryl methyl sites for hydroxylation is 1. The van der Waals surface area contributed by atoms with Gasteiger partial charge in [-0.1, -0.05) is 37.6 Å². The monoisotopic (exact) mass is 399 g/mol. The molecule has 2 aromatic rings. The van der Waals surface area contributed by atoms with Gasteiger partial charge in [0.25, 0.3) is 0 Å². The summed E-state index contributed by atoms with van der Waals surface area (Å²) in [6.45, 7) is 15.2. The molecular weight excluding hydrogens is 358 g/mol. The highest BCUT2D eigenvalue weighted by Gasteiger charge is 2.11. The summed E-state index contributed by atoms with van der Waals surface area (Å²) in [6, 6.07) is 16.6. The van der Waals surface area contributed by atoms with Crippen LogP contribution in [0.3, 0.4) is 0 Å². The van der Waals surface area contributed by atoms with Crippen LogP contribution < -0.4 is 15.2 Å². The standard InChI is InChI=1S/C14H22O.C12H19NO/c1-5-6-7-12-8-10-13(11-9-12)15-14(2,3)4;1-12(2,3)14-11-6-4-10(5-7-11)8-9-13/h8-11H,5-7H2,1-4H3;4-7H,8-9,13H2,1-3H3. The first-order valence-corrected chi connectivity index (χ1v) is 10.8. The maximum absolute atomic E-state index is 5.76. The second-order valence-electron chi connectivity index (χ2n) is 9.36. The molecule has 0 bridgehead atoms. The first-order chi connectivity index (χ1) is 13.5. The van der Waals surface area contributed by atoms with Crippen LogP contribution in [0, 0.1) is 0 Å². The summed E-state index contributed by atoms with van der Waals surface area (Å²) in [5.74, 6) is 1.88. The highest BCUT2D eigenvalue weighted by molar-refractivity contribution is 5.28. The molecule has 0 aromatic heterocycles. The molecule has 0 fully saturated rings. The van der Waals surface area contributed by atoms with Gasteiger partial charge >= 0.3 is 0 Å². The quantitative estimate of drug-likeness (QED) is 0.572. The Balaban J connectivity index is 0.000000291. The Labute approximate surface area is 178 Å². The van der Waals surface area contributed by atoms with Gasteiger partial charge in [0.1, 0.15) is 22.7 Å². The molecule has 0 amide bonds. The smallest absolute Gasteiger partial charge is 0.120 e. The molecule has 0 radical (unpaired) electrons. The molecule has 0 unspecified atom stereocenters. The molecule has 2 rings (SSSR count). The number of nitrogens with two attached hydrogens (primary N) is 1. The average molecular weight is 400 g/mol. The molecule has 0 aliphatic carbocycles. The minimum Gasteiger partial charge on any atom is -0.488 e. The van der Waals surface area contributed by atoms with E-state index in [9.17, 15) is 0 Å². The van der Waals surface area contributed by atoms with Gasteiger partial charge in [0.2, 0.25) is 0 Å². The lowest BCUT2D eigenvalue weighted by Crippen LogP contribution is -2.22. The Kier molecular flexibility index (Phi) is 10.2. The molecule has 3 nitrogen and oxygen atoms in total. The van der Waals surface area contributed by atoms with Crippen molar-refractivity contribution in [1.82, 2.24) is 0 Å². The van der Waals surface area contributed by atoms with Crippen LogP contribution in [0.5, 0.6) is 11.5 Å². The summed E-state index contributed by atoms with van der Waals surface area (Å²) in [6.07, 6.45) is 4.61. The lowest BCUT2D eigenvalue weighted by atomic mass is 10.1. The Bertz CT molecular complexity index is 677. The van der Waals surface area contributed by atoms with Crippen LogP contribution in [0.1, 0.15) is 72.4 Å². The van der Waals surface area contributed by atoms with Crippen molar-refractivity contribution in [3.63, 3.8) is 0 Å². The largest absolute Gasteiger partial charge is 0.488 e. The van der Waals surface area contributed by atoms with Crippen molar-refractivity contribution in [2.24, 2.45) is 5.73 Å². The predicted molar refractivity (Wildman–Crippen MR) is 125 cm³/mol. The van der Waals surface area contributed by atoms with Crippen molar-refractivity contribution in [2.45, 2.75) is 85.4 Å². The van der Waals surface area contributed by atoms with Crippen molar-refractivity contribution in [1.29, 1.82) is 0 Å². The minimum atomic E-state index is -0.130. The zero-order valence-electron chi connectivity index (χ0n) is 19.5. The molecule has 0 aliphatic heterocycles. The van der Waals surface area contributed by atoms with Crippen LogP contribution in [-0.4, -0.2) is 17.7 Å². The Morgan fingerprint density at radius 3 is 1.34 bits per heavy atom. The van der Waals surface area contributed by atoms with Gasteiger partial charge in [0, 0.05) is 0 Å². The van der Waals surface area contributed by atoms with Gasteiger partial charge in [-0.15, -0.1) is 0 Å². The summed E-state index contributed by atoms with van der Waals surface area (Å²) in [5.41, 5.74) is 7.89. The first kappa shape index (κ1) is 25.0. The zero-order chi connectivity index (χ0) is 21.9. The third-order valence-electron chi connectivity index (χ3n) is 3.95. The highest BCUT2D eigenvalue weighted by Crippen LogP contribution is 2.19. The van der Waals surface area contributed by atoms with Gasteiger partial charge in [-0.3, -0.25) is 0 Å². The second kappa shape index (κ2) is 11.9. The summed E-state index contributed by atoms with van der Waals surface area (Å²) in [7, 11) is 0. The van der Waals surface area contributed by atoms with Crippen LogP contribution in [-0.2, 0) is 12.8 Å². The molecule has 0 aliphatic rings. The Hall–Kier alpha value is -2.00. The van der Waals surface area contributed by atoms with Crippen LogP contribution in [0.15, 0.2) is 48.5 Å². The number of hydrogen-bond acceptors (Lipinski definition) is 3. The molecule has 0 saturated carbocycles. The second-order valence-corrected chi connectivity index (χ2v) is 9.36. The van der Waals surface area contributed by atoms with E-state index in [-0.39, 0.29) is 11.2 Å². The fraction of sp³-hybridized carbons (Fsp3) is 0.538. The van der Waals surface area contributed by atoms with Crippen molar-refractivity contribution < 1.29 is 9.47 Å². The summed E-state index contributed by atoms with van der Waals surface area (Å²) in [4.78, 5) is 0. The van der Waals surface area contributed by atoms with Gasteiger partial charge in [0.05, 0.1) is 0 Å². The van der Waals surface area contributed by atoms with Gasteiger partial charge in [0.15, 0.2) is 0 Å². The zero-order valence-corrected chi connectivity index (χ0v) is 19.5. The van der Waals surface area contributed by atoms with Crippen LogP contribution >= 0.6 is 0 Å². The number of unbranched alkanes of at least 4 members (excludes halogenated alkanes) is 1. The van der Waals surface area contributed by atoms with E-state index in [0.717, 1.165) is 17.9 Å². The molecule has 2 N–H and O–H groups in total. The highest BCUT2D eigenvalue weighted by atomic mass is 16.5. The van der Waals surface area contributed by atoms with Crippen molar-refractivity contribution in [3.8, 4) is 11.5 Å². The van der Waals surface area contributed by atoms with Crippen molar-refractivity contribution in [2.75, 3.05) is 6.54 Å². The van der Waals surface area contributed by atoms with E-state index in [0.29, 0.717) is 6.54 Å². The number of hydrogen-bond donors (Lipinski definition) is 1. The molecule has 29 heavy (non-hydrogen) atoms. The van der Waals surface area contributed by atoms with E-state index in [1.807, 2.05) is 32.9 Å². The maximum atomic E-state index is 5.76. The number of ether oxygens (including phenoxy) is 2. The topological polar surface area (TPSA) is 44.5 Å². The lowest BCUT2D eigenvalue weighted by Gasteiger charge is -2.21. The number of benzene rings is 2. The van der Waals surface area contributed by atoms with Crippen LogP contribution in [0.4, 0.5) is 0 Å². The minimum absolute atomic E-state index is 0.106. The molecule has 0 heterocycles. The lowest BCUT2D eigenvalue weighted by molar-refractivity contribution is 0.130. The van der Waals surface area contributed by atoms with Crippen LogP contribution in [0.2, 0.25) is 0 Å². The van der Waals surface area contributed by atoms with Crippen molar-refractivity contribution >= 4 is 0 Å². The molecule has 162 valence electrons. The predicted octanol–water partition coefficient (Wildman–Crippen LogP) is 6.57. The third kappa shape index (κ3) is 12.2. The van der Waals surface area contributed by atoms with E-state index in [4.69, 9.17) is 15.2 Å². The van der Waals surface area contributed by atoms with Crippen molar-refractivity contribution in [3.05, 3.63) is 59.7 Å².